The summed E-state index contributed by atoms with van der Waals surface area (Å²) < 4.78 is 37.7. The van der Waals surface area contributed by atoms with Gasteiger partial charge in [-0.05, 0) is 54.2 Å². The van der Waals surface area contributed by atoms with Crippen molar-refractivity contribution in [2.75, 3.05) is 24.3 Å². The number of ether oxygens (including phenoxy) is 2. The average molecular weight is 488 g/mol. The molecule has 172 valence electrons. The van der Waals surface area contributed by atoms with Crippen molar-refractivity contribution in [2.45, 2.75) is 11.3 Å². The van der Waals surface area contributed by atoms with Crippen molar-refractivity contribution in [2.24, 2.45) is 0 Å². The van der Waals surface area contributed by atoms with Gasteiger partial charge in [-0.1, -0.05) is 12.1 Å². The fourth-order valence-electron chi connectivity index (χ4n) is 2.71. The van der Waals surface area contributed by atoms with Gasteiger partial charge >= 0.3 is 0 Å². The molecule has 3 N–H and O–H groups in total. The predicted octanol–water partition coefficient (Wildman–Crippen LogP) is 2.35. The predicted molar refractivity (Wildman–Crippen MR) is 127 cm³/mol. The summed E-state index contributed by atoms with van der Waals surface area (Å²) in [6.45, 7) is 0. The maximum absolute atomic E-state index is 12.6. The molecule has 1 aromatic heterocycles. The molecule has 2 aromatic carbocycles. The van der Waals surface area contributed by atoms with Gasteiger partial charge in [-0.2, -0.15) is 0 Å². The lowest BCUT2D eigenvalue weighted by Crippen LogP contribution is -2.35. The summed E-state index contributed by atoms with van der Waals surface area (Å²) in [5.41, 5.74) is 1.30. The molecule has 0 spiro atoms. The number of anilines is 2. The van der Waals surface area contributed by atoms with Crippen molar-refractivity contribution in [3.63, 3.8) is 0 Å². The van der Waals surface area contributed by atoms with Crippen molar-refractivity contribution in [1.82, 2.24) is 15.3 Å². The fraction of sp³-hybridized carbons (Fsp3) is 0.143. The lowest BCUT2D eigenvalue weighted by Gasteiger charge is -2.12. The first-order valence-corrected chi connectivity index (χ1v) is 11.4. The second-order valence-electron chi connectivity index (χ2n) is 6.57. The molecule has 3 aromatic rings. The summed E-state index contributed by atoms with van der Waals surface area (Å²) in [6.07, 6.45) is 2.87. The van der Waals surface area contributed by atoms with Crippen molar-refractivity contribution < 1.29 is 22.7 Å². The lowest BCUT2D eigenvalue weighted by atomic mass is 10.1. The molecule has 0 aliphatic carbocycles. The zero-order valence-electron chi connectivity index (χ0n) is 17.7. The number of amides is 1. The molecule has 3 rings (SSSR count). The Labute approximate surface area is 196 Å². The van der Waals surface area contributed by atoms with Gasteiger partial charge in [-0.3, -0.25) is 9.52 Å². The Hall–Kier alpha value is -3.77. The third kappa shape index (κ3) is 6.60. The van der Waals surface area contributed by atoms with E-state index >= 15 is 0 Å². The zero-order valence-corrected chi connectivity index (χ0v) is 19.4. The van der Waals surface area contributed by atoms with Crippen LogP contribution in [0, 0.1) is 0 Å². The molecule has 12 heteroatoms. The molecule has 0 aliphatic heterocycles. The first-order chi connectivity index (χ1) is 15.8. The Morgan fingerprint density at radius 1 is 0.970 bits per heavy atom. The van der Waals surface area contributed by atoms with Crippen LogP contribution in [0.15, 0.2) is 65.8 Å². The Balaban J connectivity index is 1.57. The lowest BCUT2D eigenvalue weighted by molar-refractivity contribution is -0.119. The van der Waals surface area contributed by atoms with E-state index in [0.717, 1.165) is 5.56 Å². The molecule has 0 saturated heterocycles. The first kappa shape index (κ1) is 23.9. The number of methoxy groups -OCH3 is 2. The molecular weight excluding hydrogens is 466 g/mol. The molecule has 0 bridgehead atoms. The van der Waals surface area contributed by atoms with Crippen LogP contribution in [0.5, 0.6) is 11.6 Å². The van der Waals surface area contributed by atoms with E-state index in [1.807, 2.05) is 0 Å². The number of sulfonamides is 1. The largest absolute Gasteiger partial charge is 0.497 e. The van der Waals surface area contributed by atoms with Crippen LogP contribution in [0.1, 0.15) is 5.56 Å². The summed E-state index contributed by atoms with van der Waals surface area (Å²) in [6, 6.07) is 12.9. The minimum atomic E-state index is -3.92. The Morgan fingerprint density at radius 3 is 2.27 bits per heavy atom. The average Bonchev–Trinajstić information content (AvgIpc) is 2.80. The van der Waals surface area contributed by atoms with Gasteiger partial charge in [0.25, 0.3) is 15.9 Å². The summed E-state index contributed by atoms with van der Waals surface area (Å²) in [7, 11) is -0.991. The van der Waals surface area contributed by atoms with E-state index in [1.165, 1.54) is 43.8 Å². The summed E-state index contributed by atoms with van der Waals surface area (Å²) in [5, 5.41) is 5.52. The van der Waals surface area contributed by atoms with Crippen LogP contribution >= 0.6 is 12.2 Å². The molecule has 1 amide bonds. The minimum absolute atomic E-state index is 0.00443. The number of hydrogen-bond donors (Lipinski definition) is 3. The zero-order chi connectivity index (χ0) is 23.8. The van der Waals surface area contributed by atoms with E-state index in [2.05, 4.69) is 25.3 Å². The summed E-state index contributed by atoms with van der Waals surface area (Å²) >= 11 is 5.17. The van der Waals surface area contributed by atoms with E-state index in [-0.39, 0.29) is 34.0 Å². The summed E-state index contributed by atoms with van der Waals surface area (Å²) in [4.78, 5) is 20.0. The molecule has 1 heterocycles. The molecule has 0 fully saturated rings. The number of aromatic nitrogens is 2. The van der Waals surface area contributed by atoms with Gasteiger partial charge in [-0.15, -0.1) is 0 Å². The molecule has 0 saturated carbocycles. The quantitative estimate of drug-likeness (QED) is 0.410. The minimum Gasteiger partial charge on any atom is -0.497 e. The van der Waals surface area contributed by atoms with Gasteiger partial charge < -0.3 is 20.1 Å². The van der Waals surface area contributed by atoms with E-state index in [0.29, 0.717) is 11.4 Å². The highest BCUT2D eigenvalue weighted by Crippen LogP contribution is 2.22. The molecule has 0 aliphatic rings. The third-order valence-electron chi connectivity index (χ3n) is 4.29. The number of benzene rings is 2. The number of nitrogens with zero attached hydrogens (tertiary/aromatic N) is 2. The molecule has 0 unspecified atom stereocenters. The van der Waals surface area contributed by atoms with Gasteiger partial charge in [0.05, 0.1) is 25.5 Å². The number of carbonyl (C=O) groups excluding carboxylic acids is 1. The highest BCUT2D eigenvalue weighted by molar-refractivity contribution is 7.92. The van der Waals surface area contributed by atoms with Gasteiger partial charge in [0.1, 0.15) is 5.75 Å². The van der Waals surface area contributed by atoms with Crippen LogP contribution in [0.4, 0.5) is 11.5 Å². The van der Waals surface area contributed by atoms with Crippen LogP contribution in [-0.4, -0.2) is 43.6 Å². The van der Waals surface area contributed by atoms with Gasteiger partial charge in [0.15, 0.2) is 5.11 Å². The number of hydrogen-bond acceptors (Lipinski definition) is 8. The van der Waals surface area contributed by atoms with Gasteiger partial charge in [0, 0.05) is 18.1 Å². The van der Waals surface area contributed by atoms with Crippen molar-refractivity contribution in [3.05, 3.63) is 66.5 Å². The van der Waals surface area contributed by atoms with Crippen molar-refractivity contribution >= 4 is 44.8 Å². The monoisotopic (exact) mass is 487 g/mol. The fourth-order valence-corrected chi connectivity index (χ4v) is 3.95. The topological polar surface area (TPSA) is 132 Å². The van der Waals surface area contributed by atoms with Gasteiger partial charge in [0.2, 0.25) is 11.7 Å². The molecule has 0 atom stereocenters. The smallest absolute Gasteiger partial charge is 0.263 e. The van der Waals surface area contributed by atoms with E-state index < -0.39 is 10.0 Å². The van der Waals surface area contributed by atoms with Crippen LogP contribution < -0.4 is 24.8 Å². The number of thiocarbonyl (C=S) groups is 1. The SMILES string of the molecule is COc1ccc(CC(=O)NC(=S)Nc2ccc(S(=O)(=O)Nc3nccnc3OC)cc2)cc1. The van der Waals surface area contributed by atoms with E-state index in [9.17, 15) is 13.2 Å². The van der Waals surface area contributed by atoms with Crippen LogP contribution in [-0.2, 0) is 21.2 Å². The Morgan fingerprint density at radius 2 is 1.64 bits per heavy atom. The Kier molecular flexibility index (Phi) is 7.74. The second kappa shape index (κ2) is 10.7. The van der Waals surface area contributed by atoms with Crippen LogP contribution in [0.25, 0.3) is 0 Å². The van der Waals surface area contributed by atoms with Crippen LogP contribution in [0.3, 0.4) is 0 Å². The summed E-state index contributed by atoms with van der Waals surface area (Å²) in [5.74, 6) is 0.435. The van der Waals surface area contributed by atoms with Crippen molar-refractivity contribution in [3.8, 4) is 11.6 Å². The molecule has 33 heavy (non-hydrogen) atoms. The molecule has 0 radical (unpaired) electrons. The molecule has 10 nitrogen and oxygen atoms in total. The Bertz CT molecular complexity index is 1230. The maximum Gasteiger partial charge on any atom is 0.263 e. The van der Waals surface area contributed by atoms with E-state index in [4.69, 9.17) is 21.7 Å². The first-order valence-electron chi connectivity index (χ1n) is 9.52. The normalized spacial score (nSPS) is 10.7. The second-order valence-corrected chi connectivity index (χ2v) is 8.66. The maximum atomic E-state index is 12.6. The highest BCUT2D eigenvalue weighted by atomic mass is 32.2. The number of rotatable bonds is 8. The highest BCUT2D eigenvalue weighted by Gasteiger charge is 2.18. The number of carbonyl (C=O) groups is 1. The van der Waals surface area contributed by atoms with E-state index in [1.54, 1.807) is 31.4 Å². The molecular formula is C21H21N5O5S2. The third-order valence-corrected chi connectivity index (χ3v) is 5.85. The van der Waals surface area contributed by atoms with Crippen LogP contribution in [0.2, 0.25) is 0 Å². The van der Waals surface area contributed by atoms with Crippen molar-refractivity contribution in [1.29, 1.82) is 0 Å². The standard InChI is InChI=1S/C21H21N5O5S2/c1-30-16-7-3-14(4-8-16)13-18(27)25-21(32)24-15-5-9-17(10-6-15)33(28,29)26-19-20(31-2)23-12-11-22-19/h3-12H,13H2,1-2H3,(H,22,26)(H2,24,25,27,32). The van der Waals surface area contributed by atoms with Gasteiger partial charge in [-0.25, -0.2) is 18.4 Å². The number of nitrogens with one attached hydrogen (secondary N) is 3.